The molecule has 0 bridgehead atoms. The Kier molecular flexibility index (Phi) is 4.34. The number of halogens is 2. The molecule has 5 heteroatoms. The van der Waals surface area contributed by atoms with Crippen molar-refractivity contribution < 1.29 is 4.39 Å². The van der Waals surface area contributed by atoms with Crippen LogP contribution in [0.15, 0.2) is 46.0 Å². The first-order valence-electron chi connectivity index (χ1n) is 5.12. The third-order valence-corrected chi connectivity index (χ3v) is 4.23. The van der Waals surface area contributed by atoms with E-state index >= 15 is 0 Å². The Bertz CT molecular complexity index is 610. The van der Waals surface area contributed by atoms with Gasteiger partial charge in [-0.3, -0.25) is 0 Å². The van der Waals surface area contributed by atoms with E-state index in [0.717, 1.165) is 15.1 Å². The molecule has 0 spiro atoms. The fourth-order valence-electron chi connectivity index (χ4n) is 1.38. The van der Waals surface area contributed by atoms with Gasteiger partial charge in [-0.25, -0.2) is 9.37 Å². The first kappa shape index (κ1) is 13.1. The summed E-state index contributed by atoms with van der Waals surface area (Å²) in [6, 6.07) is 10.2. The van der Waals surface area contributed by atoms with Crippen molar-refractivity contribution in [3.8, 4) is 6.07 Å². The van der Waals surface area contributed by atoms with Crippen molar-refractivity contribution in [1.29, 1.82) is 5.26 Å². The topological polar surface area (TPSA) is 36.7 Å². The molecule has 0 atom stereocenters. The summed E-state index contributed by atoms with van der Waals surface area (Å²) < 4.78 is 14.1. The summed E-state index contributed by atoms with van der Waals surface area (Å²) in [6.45, 7) is 0. The summed E-state index contributed by atoms with van der Waals surface area (Å²) in [5.41, 5.74) is 0.976. The minimum atomic E-state index is -0.481. The third kappa shape index (κ3) is 3.09. The zero-order valence-electron chi connectivity index (χ0n) is 9.23. The number of aromatic nitrogens is 1. The summed E-state index contributed by atoms with van der Waals surface area (Å²) in [5, 5.41) is 9.63. The van der Waals surface area contributed by atoms with Gasteiger partial charge in [-0.15, -0.1) is 11.8 Å². The zero-order chi connectivity index (χ0) is 13.0. The van der Waals surface area contributed by atoms with Gasteiger partial charge in [-0.05, 0) is 45.8 Å². The van der Waals surface area contributed by atoms with Crippen LogP contribution >= 0.6 is 27.7 Å². The van der Waals surface area contributed by atoms with E-state index in [2.05, 4.69) is 20.9 Å². The molecule has 1 aromatic heterocycles. The van der Waals surface area contributed by atoms with Gasteiger partial charge in [0.1, 0.15) is 16.9 Å². The highest BCUT2D eigenvalue weighted by atomic mass is 79.9. The average Bonchev–Trinajstić information content (AvgIpc) is 2.39. The van der Waals surface area contributed by atoms with Gasteiger partial charge in [-0.2, -0.15) is 5.26 Å². The molecule has 90 valence electrons. The lowest BCUT2D eigenvalue weighted by molar-refractivity contribution is 0.623. The summed E-state index contributed by atoms with van der Waals surface area (Å²) >= 11 is 4.95. The first-order valence-corrected chi connectivity index (χ1v) is 6.90. The van der Waals surface area contributed by atoms with Crippen LogP contribution in [0.25, 0.3) is 0 Å². The molecule has 0 aliphatic carbocycles. The van der Waals surface area contributed by atoms with E-state index in [1.165, 1.54) is 17.8 Å². The summed E-state index contributed by atoms with van der Waals surface area (Å²) in [4.78, 5) is 4.23. The standard InChI is InChI=1S/C13H8BrFN2S/c14-11-2-1-5-17-13(11)18-8-9-3-4-12(15)10(6-9)7-16/h1-6H,8H2. The van der Waals surface area contributed by atoms with Crippen molar-refractivity contribution in [2.24, 2.45) is 0 Å². The highest BCUT2D eigenvalue weighted by Gasteiger charge is 2.05. The van der Waals surface area contributed by atoms with Gasteiger partial charge in [0.15, 0.2) is 0 Å². The van der Waals surface area contributed by atoms with Crippen molar-refractivity contribution in [3.63, 3.8) is 0 Å². The summed E-state index contributed by atoms with van der Waals surface area (Å²) in [6.07, 6.45) is 1.72. The average molecular weight is 323 g/mol. The van der Waals surface area contributed by atoms with E-state index in [0.29, 0.717) is 5.75 Å². The van der Waals surface area contributed by atoms with Crippen molar-refractivity contribution in [2.45, 2.75) is 10.8 Å². The Hall–Kier alpha value is -1.38. The minimum absolute atomic E-state index is 0.0770. The maximum atomic E-state index is 13.1. The maximum absolute atomic E-state index is 13.1. The van der Waals surface area contributed by atoms with Crippen LogP contribution in [0.2, 0.25) is 0 Å². The van der Waals surface area contributed by atoms with Crippen molar-refractivity contribution >= 4 is 27.7 Å². The summed E-state index contributed by atoms with van der Waals surface area (Å²) in [7, 11) is 0. The lowest BCUT2D eigenvalue weighted by Crippen LogP contribution is -1.88. The molecule has 0 fully saturated rings. The van der Waals surface area contributed by atoms with Crippen molar-refractivity contribution in [3.05, 3.63) is 57.9 Å². The maximum Gasteiger partial charge on any atom is 0.140 e. The van der Waals surface area contributed by atoms with Crippen LogP contribution in [0.4, 0.5) is 4.39 Å². The van der Waals surface area contributed by atoms with E-state index in [4.69, 9.17) is 5.26 Å². The molecule has 18 heavy (non-hydrogen) atoms. The van der Waals surface area contributed by atoms with Crippen LogP contribution in [0.3, 0.4) is 0 Å². The molecule has 1 heterocycles. The quantitative estimate of drug-likeness (QED) is 0.796. The van der Waals surface area contributed by atoms with Crippen LogP contribution in [-0.4, -0.2) is 4.98 Å². The molecule has 0 N–H and O–H groups in total. The molecule has 0 amide bonds. The highest BCUT2D eigenvalue weighted by Crippen LogP contribution is 2.27. The predicted octanol–water partition coefficient (Wildman–Crippen LogP) is 4.15. The van der Waals surface area contributed by atoms with Crippen molar-refractivity contribution in [1.82, 2.24) is 4.98 Å². The van der Waals surface area contributed by atoms with Gasteiger partial charge >= 0.3 is 0 Å². The van der Waals surface area contributed by atoms with Crippen LogP contribution in [0.1, 0.15) is 11.1 Å². The monoisotopic (exact) mass is 322 g/mol. The molecule has 0 radical (unpaired) electrons. The number of pyridine rings is 1. The highest BCUT2D eigenvalue weighted by molar-refractivity contribution is 9.10. The van der Waals surface area contributed by atoms with Crippen LogP contribution < -0.4 is 0 Å². The number of benzene rings is 1. The Morgan fingerprint density at radius 3 is 2.94 bits per heavy atom. The molecule has 1 aromatic carbocycles. The molecule has 0 aliphatic rings. The fraction of sp³-hybridized carbons (Fsp3) is 0.0769. The van der Waals surface area contributed by atoms with Gasteiger partial charge in [0.05, 0.1) is 5.56 Å². The minimum Gasteiger partial charge on any atom is -0.249 e. The zero-order valence-corrected chi connectivity index (χ0v) is 11.6. The number of nitrogens with zero attached hydrogens (tertiary/aromatic N) is 2. The van der Waals surface area contributed by atoms with E-state index in [-0.39, 0.29) is 5.56 Å². The molecule has 0 unspecified atom stereocenters. The van der Waals surface area contributed by atoms with Gasteiger partial charge in [0, 0.05) is 16.4 Å². The van der Waals surface area contributed by atoms with Gasteiger partial charge < -0.3 is 0 Å². The van der Waals surface area contributed by atoms with E-state index in [1.54, 1.807) is 18.3 Å². The number of hydrogen-bond donors (Lipinski definition) is 0. The number of thioether (sulfide) groups is 1. The van der Waals surface area contributed by atoms with E-state index in [9.17, 15) is 4.39 Å². The lowest BCUT2D eigenvalue weighted by Gasteiger charge is -2.04. The second-order valence-electron chi connectivity index (χ2n) is 3.51. The predicted molar refractivity (Wildman–Crippen MR) is 72.6 cm³/mol. The Morgan fingerprint density at radius 2 is 2.22 bits per heavy atom. The molecule has 2 rings (SSSR count). The molecule has 0 aliphatic heterocycles. The Labute approximate surface area is 117 Å². The molecule has 2 nitrogen and oxygen atoms in total. The van der Waals surface area contributed by atoms with Gasteiger partial charge in [0.25, 0.3) is 0 Å². The van der Waals surface area contributed by atoms with Gasteiger partial charge in [-0.1, -0.05) is 6.07 Å². The molecule has 0 saturated carbocycles. The normalized spacial score (nSPS) is 10.1. The second-order valence-corrected chi connectivity index (χ2v) is 5.32. The van der Waals surface area contributed by atoms with Crippen LogP contribution in [-0.2, 0) is 5.75 Å². The van der Waals surface area contributed by atoms with Crippen LogP contribution in [0, 0.1) is 17.1 Å². The summed E-state index contributed by atoms with van der Waals surface area (Å²) in [5.74, 6) is 0.162. The second kappa shape index (κ2) is 5.98. The molecule has 0 saturated heterocycles. The number of hydrogen-bond acceptors (Lipinski definition) is 3. The number of rotatable bonds is 3. The third-order valence-electron chi connectivity index (χ3n) is 2.25. The fourth-order valence-corrected chi connectivity index (χ4v) is 2.80. The molecular formula is C13H8BrFN2S. The SMILES string of the molecule is N#Cc1cc(CSc2ncccc2Br)ccc1F. The number of nitriles is 1. The van der Waals surface area contributed by atoms with Crippen LogP contribution in [0.5, 0.6) is 0 Å². The Morgan fingerprint density at radius 1 is 1.39 bits per heavy atom. The van der Waals surface area contributed by atoms with Crippen molar-refractivity contribution in [2.75, 3.05) is 0 Å². The largest absolute Gasteiger partial charge is 0.249 e. The Balaban J connectivity index is 2.12. The lowest BCUT2D eigenvalue weighted by atomic mass is 10.1. The molecular weight excluding hydrogens is 315 g/mol. The molecule has 2 aromatic rings. The first-order chi connectivity index (χ1) is 8.70. The smallest absolute Gasteiger partial charge is 0.140 e. The van der Waals surface area contributed by atoms with Gasteiger partial charge in [0.2, 0.25) is 0 Å². The van der Waals surface area contributed by atoms with E-state index in [1.807, 2.05) is 18.2 Å². The van der Waals surface area contributed by atoms with E-state index < -0.39 is 5.82 Å².